The fraction of sp³-hybridized carbons (Fsp3) is 0.385. The minimum Gasteiger partial charge on any atom is -0.308 e. The maximum atomic E-state index is 11.9. The number of nitrogens with one attached hydrogen (secondary N) is 1. The van der Waals surface area contributed by atoms with Crippen molar-refractivity contribution in [1.29, 1.82) is 10.7 Å². The van der Waals surface area contributed by atoms with Gasteiger partial charge in [-0.25, -0.2) is 4.98 Å². The number of Topliss-reactive ketones (excluding diaryl/α,β-unsaturated/α-hetero) is 1. The lowest BCUT2D eigenvalue weighted by Gasteiger charge is -2.06. The molecule has 8 heteroatoms. The molecule has 7 nitrogen and oxygen atoms in total. The molecule has 2 aromatic heterocycles. The van der Waals surface area contributed by atoms with Crippen molar-refractivity contribution in [1.82, 2.24) is 19.6 Å². The molecule has 2 rings (SSSR count). The molecular formula is C13H14N6OS. The second-order valence-electron chi connectivity index (χ2n) is 4.66. The summed E-state index contributed by atoms with van der Waals surface area (Å²) in [6.07, 6.45) is 0. The van der Waals surface area contributed by atoms with Gasteiger partial charge < -0.3 is 5.41 Å². The van der Waals surface area contributed by atoms with Gasteiger partial charge in [-0.3, -0.25) is 9.20 Å². The van der Waals surface area contributed by atoms with Crippen molar-refractivity contribution in [2.45, 2.75) is 25.9 Å². The van der Waals surface area contributed by atoms with Crippen molar-refractivity contribution in [3.8, 4) is 6.07 Å². The zero-order valence-corrected chi connectivity index (χ0v) is 12.7. The van der Waals surface area contributed by atoms with Gasteiger partial charge in [0.15, 0.2) is 10.9 Å². The van der Waals surface area contributed by atoms with Crippen LogP contribution >= 0.6 is 11.8 Å². The number of fused-ring (bicyclic) bond motifs is 1. The number of carbonyl (C=O) groups is 1. The van der Waals surface area contributed by atoms with Crippen LogP contribution in [-0.4, -0.2) is 36.8 Å². The summed E-state index contributed by atoms with van der Waals surface area (Å²) in [4.78, 5) is 16.2. The lowest BCUT2D eigenvalue weighted by molar-refractivity contribution is -0.117. The van der Waals surface area contributed by atoms with Gasteiger partial charge in [0.1, 0.15) is 5.92 Å². The monoisotopic (exact) mass is 302 g/mol. The molecule has 21 heavy (non-hydrogen) atoms. The summed E-state index contributed by atoms with van der Waals surface area (Å²) in [7, 11) is 0. The van der Waals surface area contributed by atoms with Gasteiger partial charge in [0.2, 0.25) is 0 Å². The molecule has 1 N–H and O–H groups in total. The Morgan fingerprint density at radius 3 is 2.86 bits per heavy atom. The maximum Gasteiger partial charge on any atom is 0.256 e. The number of aryl methyl sites for hydroxylation is 2. The van der Waals surface area contributed by atoms with Crippen LogP contribution in [0, 0.1) is 36.5 Å². The van der Waals surface area contributed by atoms with Crippen molar-refractivity contribution in [2.75, 3.05) is 5.75 Å². The molecule has 1 atom stereocenters. The van der Waals surface area contributed by atoms with Gasteiger partial charge in [-0.1, -0.05) is 11.8 Å². The van der Waals surface area contributed by atoms with E-state index in [1.54, 1.807) is 4.40 Å². The molecule has 2 aromatic rings. The quantitative estimate of drug-likeness (QED) is 0.663. The van der Waals surface area contributed by atoms with E-state index in [1.165, 1.54) is 18.7 Å². The van der Waals surface area contributed by atoms with E-state index in [0.717, 1.165) is 11.4 Å². The lowest BCUT2D eigenvalue weighted by atomic mass is 10.0. The number of ketones is 1. The van der Waals surface area contributed by atoms with Crippen LogP contribution in [-0.2, 0) is 4.79 Å². The van der Waals surface area contributed by atoms with E-state index in [9.17, 15) is 4.79 Å². The minimum absolute atomic E-state index is 0.0580. The maximum absolute atomic E-state index is 11.9. The molecule has 0 saturated heterocycles. The summed E-state index contributed by atoms with van der Waals surface area (Å²) in [5.41, 5.74) is 1.84. The molecule has 0 bridgehead atoms. The van der Waals surface area contributed by atoms with Gasteiger partial charge in [-0.05, 0) is 26.8 Å². The fourth-order valence-electron chi connectivity index (χ4n) is 1.92. The number of thioether (sulfide) groups is 1. The number of nitriles is 1. The number of carbonyl (C=O) groups excluding carboxylic acids is 1. The highest BCUT2D eigenvalue weighted by Gasteiger charge is 2.21. The number of hydrogen-bond acceptors (Lipinski definition) is 7. The first kappa shape index (κ1) is 15.1. The topological polar surface area (TPSA) is 108 Å². The Bertz CT molecular complexity index is 760. The highest BCUT2D eigenvalue weighted by Crippen LogP contribution is 2.19. The molecular weight excluding hydrogens is 288 g/mol. The number of nitrogens with zero attached hydrogens (tertiary/aromatic N) is 5. The van der Waals surface area contributed by atoms with Crippen molar-refractivity contribution in [2.24, 2.45) is 5.92 Å². The van der Waals surface area contributed by atoms with Crippen LogP contribution in [0.3, 0.4) is 0 Å². The third-order valence-electron chi connectivity index (χ3n) is 2.89. The lowest BCUT2D eigenvalue weighted by Crippen LogP contribution is -2.21. The van der Waals surface area contributed by atoms with Crippen LogP contribution in [0.25, 0.3) is 5.78 Å². The van der Waals surface area contributed by atoms with Gasteiger partial charge in [0.05, 0.1) is 11.8 Å². The molecule has 0 radical (unpaired) electrons. The van der Waals surface area contributed by atoms with Crippen LogP contribution in [0.4, 0.5) is 0 Å². The molecule has 0 amide bonds. The number of rotatable bonds is 5. The van der Waals surface area contributed by atoms with E-state index in [4.69, 9.17) is 10.7 Å². The molecule has 0 saturated carbocycles. The molecule has 0 fully saturated rings. The van der Waals surface area contributed by atoms with Crippen molar-refractivity contribution < 1.29 is 4.79 Å². The molecule has 0 aliphatic carbocycles. The summed E-state index contributed by atoms with van der Waals surface area (Å²) in [5.74, 6) is -0.729. The Labute approximate surface area is 125 Å². The Balaban J connectivity index is 2.20. The standard InChI is InChI=1S/C13H14N6OS/c1-7-4-8(2)19-12(16-7)17-18-13(19)21-6-11(20)10(5-14)9(3)15/h4,10,15H,6H2,1-3H3/t10-/m0/s1. The summed E-state index contributed by atoms with van der Waals surface area (Å²) in [6.45, 7) is 5.25. The van der Waals surface area contributed by atoms with E-state index in [-0.39, 0.29) is 17.2 Å². The fourth-order valence-corrected chi connectivity index (χ4v) is 2.81. The number of aromatic nitrogens is 4. The smallest absolute Gasteiger partial charge is 0.256 e. The summed E-state index contributed by atoms with van der Waals surface area (Å²) in [5, 5.41) is 24.9. The highest BCUT2D eigenvalue weighted by atomic mass is 32.2. The number of hydrogen-bond donors (Lipinski definition) is 1. The minimum atomic E-state index is -0.988. The normalized spacial score (nSPS) is 12.1. The SMILES string of the molecule is CC(=N)[C@H](C#N)C(=O)CSc1nnc2nc(C)cc(C)n12. The zero-order chi connectivity index (χ0) is 15.6. The van der Waals surface area contributed by atoms with Crippen LogP contribution < -0.4 is 0 Å². The summed E-state index contributed by atoms with van der Waals surface area (Å²) < 4.78 is 1.77. The second-order valence-corrected chi connectivity index (χ2v) is 5.60. The molecule has 0 spiro atoms. The molecule has 0 aliphatic rings. The first-order chi connectivity index (χ1) is 9.93. The van der Waals surface area contributed by atoms with Crippen LogP contribution in [0.2, 0.25) is 0 Å². The third-order valence-corrected chi connectivity index (χ3v) is 3.84. The Morgan fingerprint density at radius 2 is 2.24 bits per heavy atom. The van der Waals surface area contributed by atoms with Crippen LogP contribution in [0.1, 0.15) is 18.3 Å². The van der Waals surface area contributed by atoms with Gasteiger partial charge in [0.25, 0.3) is 5.78 Å². The highest BCUT2D eigenvalue weighted by molar-refractivity contribution is 7.99. The first-order valence-electron chi connectivity index (χ1n) is 6.23. The summed E-state index contributed by atoms with van der Waals surface area (Å²) in [6, 6.07) is 3.75. The van der Waals surface area contributed by atoms with Crippen molar-refractivity contribution in [3.63, 3.8) is 0 Å². The Kier molecular flexibility index (Phi) is 4.33. The van der Waals surface area contributed by atoms with Gasteiger partial charge in [-0.2, -0.15) is 5.26 Å². The van der Waals surface area contributed by atoms with E-state index in [1.807, 2.05) is 26.0 Å². The zero-order valence-electron chi connectivity index (χ0n) is 11.9. The molecule has 108 valence electrons. The molecule has 0 aromatic carbocycles. The molecule has 0 unspecified atom stereocenters. The predicted molar refractivity (Wildman–Crippen MR) is 78.5 cm³/mol. The Morgan fingerprint density at radius 1 is 1.52 bits per heavy atom. The van der Waals surface area contributed by atoms with Crippen molar-refractivity contribution >= 4 is 29.0 Å². The first-order valence-corrected chi connectivity index (χ1v) is 7.22. The van der Waals surface area contributed by atoms with Crippen LogP contribution in [0.15, 0.2) is 11.2 Å². The predicted octanol–water partition coefficient (Wildman–Crippen LogP) is 1.58. The second kappa shape index (κ2) is 6.01. The van der Waals surface area contributed by atoms with Gasteiger partial charge >= 0.3 is 0 Å². The average Bonchev–Trinajstić information content (AvgIpc) is 2.79. The van der Waals surface area contributed by atoms with E-state index < -0.39 is 5.92 Å². The summed E-state index contributed by atoms with van der Waals surface area (Å²) >= 11 is 1.20. The third kappa shape index (κ3) is 3.08. The van der Waals surface area contributed by atoms with Gasteiger partial charge in [0, 0.05) is 17.1 Å². The van der Waals surface area contributed by atoms with E-state index in [0.29, 0.717) is 10.9 Å². The average molecular weight is 302 g/mol. The Hall–Kier alpha value is -2.27. The van der Waals surface area contributed by atoms with Crippen molar-refractivity contribution in [3.05, 3.63) is 17.5 Å². The molecule has 0 aliphatic heterocycles. The van der Waals surface area contributed by atoms with Crippen LogP contribution in [0.5, 0.6) is 0 Å². The van der Waals surface area contributed by atoms with Gasteiger partial charge in [-0.15, -0.1) is 10.2 Å². The van der Waals surface area contributed by atoms with E-state index >= 15 is 0 Å². The molecule has 2 heterocycles. The van der Waals surface area contributed by atoms with E-state index in [2.05, 4.69) is 15.2 Å². The largest absolute Gasteiger partial charge is 0.308 e.